The molecule has 1 fully saturated rings. The number of carbonyl (C=O) groups excluding carboxylic acids is 1. The lowest BCUT2D eigenvalue weighted by molar-refractivity contribution is -0.138. The molecular formula is C24H30N4O. The van der Waals surface area contributed by atoms with Gasteiger partial charge in [-0.15, -0.1) is 0 Å². The maximum atomic E-state index is 13.2. The minimum Gasteiger partial charge on any atom is -0.361 e. The number of nitrogens with zero attached hydrogens (tertiary/aromatic N) is 3. The molecular weight excluding hydrogens is 360 g/mol. The van der Waals surface area contributed by atoms with Crippen molar-refractivity contribution in [3.05, 3.63) is 71.9 Å². The molecule has 1 aliphatic heterocycles. The standard InChI is InChI=1S/C24H30N4O/c1-26(2)23(19-8-4-3-5-9-19)24(29)28-16-14-27(15-17-28)13-12-20-18-25-22-11-7-6-10-21(20)22/h3-11,18,23,25H,12-17H2,1-2H3. The second-order valence-corrected chi connectivity index (χ2v) is 8.05. The van der Waals surface area contributed by atoms with Gasteiger partial charge in [-0.25, -0.2) is 0 Å². The molecule has 4 rings (SSSR count). The summed E-state index contributed by atoms with van der Waals surface area (Å²) in [5, 5.41) is 1.32. The Kier molecular flexibility index (Phi) is 5.97. The number of amides is 1. The summed E-state index contributed by atoms with van der Waals surface area (Å²) in [6.45, 7) is 4.49. The summed E-state index contributed by atoms with van der Waals surface area (Å²) in [6, 6.07) is 18.3. The SMILES string of the molecule is CN(C)C(C(=O)N1CCN(CCc2c[nH]c3ccccc23)CC1)c1ccccc1. The number of carbonyl (C=O) groups is 1. The summed E-state index contributed by atoms with van der Waals surface area (Å²) in [5.41, 5.74) is 3.63. The minimum absolute atomic E-state index is 0.206. The number of aromatic amines is 1. The Balaban J connectivity index is 1.33. The van der Waals surface area contributed by atoms with Crippen molar-refractivity contribution in [1.29, 1.82) is 0 Å². The van der Waals surface area contributed by atoms with Gasteiger partial charge >= 0.3 is 0 Å². The van der Waals surface area contributed by atoms with Crippen LogP contribution in [0, 0.1) is 0 Å². The quantitative estimate of drug-likeness (QED) is 0.703. The monoisotopic (exact) mass is 390 g/mol. The number of hydrogen-bond acceptors (Lipinski definition) is 3. The molecule has 1 amide bonds. The van der Waals surface area contributed by atoms with Crippen molar-refractivity contribution in [2.75, 3.05) is 46.8 Å². The van der Waals surface area contributed by atoms with Crippen LogP contribution in [-0.4, -0.2) is 72.4 Å². The van der Waals surface area contributed by atoms with Gasteiger partial charge < -0.3 is 9.88 Å². The zero-order valence-corrected chi connectivity index (χ0v) is 17.3. The molecule has 3 aromatic rings. The van der Waals surface area contributed by atoms with Crippen LogP contribution in [0.15, 0.2) is 60.8 Å². The smallest absolute Gasteiger partial charge is 0.244 e. The van der Waals surface area contributed by atoms with E-state index in [2.05, 4.69) is 40.3 Å². The van der Waals surface area contributed by atoms with Crippen LogP contribution >= 0.6 is 0 Å². The Bertz CT molecular complexity index is 942. The number of benzene rings is 2. The van der Waals surface area contributed by atoms with Crippen molar-refractivity contribution >= 4 is 16.8 Å². The molecule has 1 unspecified atom stereocenters. The maximum absolute atomic E-state index is 13.2. The van der Waals surface area contributed by atoms with Crippen molar-refractivity contribution in [3.63, 3.8) is 0 Å². The van der Waals surface area contributed by atoms with Crippen LogP contribution in [-0.2, 0) is 11.2 Å². The highest BCUT2D eigenvalue weighted by atomic mass is 16.2. The number of piperazine rings is 1. The molecule has 2 heterocycles. The largest absolute Gasteiger partial charge is 0.361 e. The third kappa shape index (κ3) is 4.36. The van der Waals surface area contributed by atoms with Gasteiger partial charge in [0.05, 0.1) is 0 Å². The number of para-hydroxylation sites is 1. The Hall–Kier alpha value is -2.63. The summed E-state index contributed by atoms with van der Waals surface area (Å²) in [6.07, 6.45) is 3.16. The predicted molar refractivity (Wildman–Crippen MR) is 118 cm³/mol. The Morgan fingerprint density at radius 1 is 1.00 bits per heavy atom. The van der Waals surface area contributed by atoms with Crippen molar-refractivity contribution in [2.45, 2.75) is 12.5 Å². The van der Waals surface area contributed by atoms with E-state index in [1.165, 1.54) is 16.5 Å². The molecule has 5 nitrogen and oxygen atoms in total. The normalized spacial score (nSPS) is 16.4. The molecule has 5 heteroatoms. The van der Waals surface area contributed by atoms with Crippen LogP contribution in [0.1, 0.15) is 17.2 Å². The van der Waals surface area contributed by atoms with Crippen LogP contribution in [0.25, 0.3) is 10.9 Å². The Labute approximate surface area is 172 Å². The Morgan fingerprint density at radius 2 is 1.69 bits per heavy atom. The van der Waals surface area contributed by atoms with E-state index in [-0.39, 0.29) is 11.9 Å². The van der Waals surface area contributed by atoms with Crippen LogP contribution < -0.4 is 0 Å². The summed E-state index contributed by atoms with van der Waals surface area (Å²) in [7, 11) is 3.96. The molecule has 0 bridgehead atoms. The van der Waals surface area contributed by atoms with Crippen LogP contribution in [0.5, 0.6) is 0 Å². The zero-order chi connectivity index (χ0) is 20.2. The number of likely N-dealkylation sites (N-methyl/N-ethyl adjacent to an activating group) is 1. The lowest BCUT2D eigenvalue weighted by atomic mass is 10.0. The van der Waals surface area contributed by atoms with Crippen molar-refractivity contribution in [2.24, 2.45) is 0 Å². The topological polar surface area (TPSA) is 42.6 Å². The third-order valence-corrected chi connectivity index (χ3v) is 5.92. The van der Waals surface area contributed by atoms with Gasteiger partial charge in [0.2, 0.25) is 5.91 Å². The average Bonchev–Trinajstić information content (AvgIpc) is 3.16. The van der Waals surface area contributed by atoms with E-state index in [1.807, 2.05) is 54.2 Å². The number of hydrogen-bond donors (Lipinski definition) is 1. The fourth-order valence-corrected chi connectivity index (χ4v) is 4.28. The maximum Gasteiger partial charge on any atom is 0.244 e. The van der Waals surface area contributed by atoms with Gasteiger partial charge in [-0.1, -0.05) is 48.5 Å². The second-order valence-electron chi connectivity index (χ2n) is 8.05. The highest BCUT2D eigenvalue weighted by Gasteiger charge is 2.29. The highest BCUT2D eigenvalue weighted by Crippen LogP contribution is 2.22. The van der Waals surface area contributed by atoms with E-state index < -0.39 is 0 Å². The van der Waals surface area contributed by atoms with Crippen molar-refractivity contribution < 1.29 is 4.79 Å². The number of nitrogens with one attached hydrogen (secondary N) is 1. The lowest BCUT2D eigenvalue weighted by Crippen LogP contribution is -2.51. The predicted octanol–water partition coefficient (Wildman–Crippen LogP) is 3.16. The Morgan fingerprint density at radius 3 is 2.41 bits per heavy atom. The zero-order valence-electron chi connectivity index (χ0n) is 17.3. The van der Waals surface area contributed by atoms with Gasteiger partial charge in [-0.3, -0.25) is 14.6 Å². The van der Waals surface area contributed by atoms with Crippen LogP contribution in [0.4, 0.5) is 0 Å². The second kappa shape index (κ2) is 8.80. The van der Waals surface area contributed by atoms with Gasteiger partial charge in [0.1, 0.15) is 6.04 Å². The molecule has 152 valence electrons. The number of H-pyrrole nitrogens is 1. The van der Waals surface area contributed by atoms with Crippen molar-refractivity contribution in [1.82, 2.24) is 19.7 Å². The van der Waals surface area contributed by atoms with E-state index in [1.54, 1.807) is 0 Å². The van der Waals surface area contributed by atoms with E-state index in [0.717, 1.165) is 44.7 Å². The fourth-order valence-electron chi connectivity index (χ4n) is 4.28. The van der Waals surface area contributed by atoms with Gasteiger partial charge in [0, 0.05) is 49.8 Å². The number of fused-ring (bicyclic) bond motifs is 1. The van der Waals surface area contributed by atoms with E-state index in [4.69, 9.17) is 0 Å². The molecule has 1 aromatic heterocycles. The summed E-state index contributed by atoms with van der Waals surface area (Å²) in [4.78, 5) is 23.1. The molecule has 2 aromatic carbocycles. The van der Waals surface area contributed by atoms with Gasteiger partial charge in [-0.05, 0) is 37.7 Å². The molecule has 1 atom stereocenters. The highest BCUT2D eigenvalue weighted by molar-refractivity contribution is 5.84. The first-order chi connectivity index (χ1) is 14.1. The fraction of sp³-hybridized carbons (Fsp3) is 0.375. The van der Waals surface area contributed by atoms with Gasteiger partial charge in [0.25, 0.3) is 0 Å². The molecule has 1 saturated heterocycles. The van der Waals surface area contributed by atoms with E-state index >= 15 is 0 Å². The van der Waals surface area contributed by atoms with E-state index in [0.29, 0.717) is 0 Å². The molecule has 0 saturated carbocycles. The van der Waals surface area contributed by atoms with Gasteiger partial charge in [-0.2, -0.15) is 0 Å². The molecule has 1 aliphatic rings. The summed E-state index contributed by atoms with van der Waals surface area (Å²) in [5.74, 6) is 0.206. The molecule has 29 heavy (non-hydrogen) atoms. The third-order valence-electron chi connectivity index (χ3n) is 5.92. The van der Waals surface area contributed by atoms with Gasteiger partial charge in [0.15, 0.2) is 0 Å². The van der Waals surface area contributed by atoms with Crippen molar-refractivity contribution in [3.8, 4) is 0 Å². The first-order valence-corrected chi connectivity index (χ1v) is 10.4. The number of rotatable bonds is 6. The van der Waals surface area contributed by atoms with E-state index in [9.17, 15) is 4.79 Å². The first kappa shape index (κ1) is 19.7. The minimum atomic E-state index is -0.214. The number of aromatic nitrogens is 1. The average molecular weight is 391 g/mol. The molecule has 0 spiro atoms. The first-order valence-electron chi connectivity index (χ1n) is 10.4. The molecule has 1 N–H and O–H groups in total. The summed E-state index contributed by atoms with van der Waals surface area (Å²) >= 11 is 0. The lowest BCUT2D eigenvalue weighted by Gasteiger charge is -2.37. The van der Waals surface area contributed by atoms with Crippen LogP contribution in [0.2, 0.25) is 0 Å². The molecule has 0 radical (unpaired) electrons. The molecule has 0 aliphatic carbocycles. The summed E-state index contributed by atoms with van der Waals surface area (Å²) < 4.78 is 0. The van der Waals surface area contributed by atoms with Crippen LogP contribution in [0.3, 0.4) is 0 Å².